The number of anilines is 1. The summed E-state index contributed by atoms with van der Waals surface area (Å²) in [6.45, 7) is 2.42. The zero-order valence-corrected chi connectivity index (χ0v) is 16.4. The number of benzene rings is 3. The highest BCUT2D eigenvalue weighted by Crippen LogP contribution is 2.17. The van der Waals surface area contributed by atoms with Gasteiger partial charge >= 0.3 is 0 Å². The van der Waals surface area contributed by atoms with Gasteiger partial charge in [0.25, 0.3) is 5.91 Å². The average Bonchev–Trinajstić information content (AvgIpc) is 2.78. The zero-order chi connectivity index (χ0) is 20.3. The van der Waals surface area contributed by atoms with Crippen molar-refractivity contribution in [1.82, 2.24) is 5.43 Å². The molecule has 5 heteroatoms. The minimum absolute atomic E-state index is 0.185. The first kappa shape index (κ1) is 20.1. The molecule has 0 saturated carbocycles. The summed E-state index contributed by atoms with van der Waals surface area (Å²) in [4.78, 5) is 12.4. The monoisotopic (exact) mass is 387 g/mol. The van der Waals surface area contributed by atoms with E-state index in [1.54, 1.807) is 6.21 Å². The maximum atomic E-state index is 12.4. The smallest absolute Gasteiger partial charge is 0.262 e. The molecule has 5 nitrogen and oxygen atoms in total. The predicted octanol–water partition coefficient (Wildman–Crippen LogP) is 4.61. The standard InChI is InChI=1S/C24H25N3O2/c1-2-22(26-21-14-7-4-8-15-21)24(28)27-25-17-20-13-9-10-16-23(20)29-18-19-11-5-3-6-12-19/h3-17,22,26H,2,18H2,1H3,(H,27,28)/b25-17+. The highest BCUT2D eigenvalue weighted by atomic mass is 16.5. The minimum Gasteiger partial charge on any atom is -0.488 e. The molecule has 2 N–H and O–H groups in total. The van der Waals surface area contributed by atoms with Gasteiger partial charge in [0, 0.05) is 11.3 Å². The van der Waals surface area contributed by atoms with Crippen molar-refractivity contribution in [2.24, 2.45) is 5.10 Å². The lowest BCUT2D eigenvalue weighted by atomic mass is 10.2. The molecular weight excluding hydrogens is 362 g/mol. The molecule has 0 aliphatic carbocycles. The molecule has 29 heavy (non-hydrogen) atoms. The highest BCUT2D eigenvalue weighted by molar-refractivity contribution is 5.87. The van der Waals surface area contributed by atoms with Gasteiger partial charge in [-0.15, -0.1) is 0 Å². The van der Waals surface area contributed by atoms with Crippen molar-refractivity contribution in [1.29, 1.82) is 0 Å². The first-order valence-corrected chi connectivity index (χ1v) is 9.66. The number of hydrazone groups is 1. The summed E-state index contributed by atoms with van der Waals surface area (Å²) in [6, 6.07) is 26.9. The maximum Gasteiger partial charge on any atom is 0.262 e. The normalized spacial score (nSPS) is 11.8. The molecule has 3 aromatic carbocycles. The number of carbonyl (C=O) groups excluding carboxylic acids is 1. The van der Waals surface area contributed by atoms with Crippen LogP contribution in [0.2, 0.25) is 0 Å². The molecular formula is C24H25N3O2. The van der Waals surface area contributed by atoms with Crippen LogP contribution in [0.1, 0.15) is 24.5 Å². The fraction of sp³-hybridized carbons (Fsp3) is 0.167. The molecule has 0 aromatic heterocycles. The summed E-state index contributed by atoms with van der Waals surface area (Å²) >= 11 is 0. The number of hydrogen-bond donors (Lipinski definition) is 2. The number of amides is 1. The molecule has 0 bridgehead atoms. The quantitative estimate of drug-likeness (QED) is 0.416. The topological polar surface area (TPSA) is 62.7 Å². The van der Waals surface area contributed by atoms with Gasteiger partial charge in [-0.25, -0.2) is 5.43 Å². The Hall–Kier alpha value is -3.60. The Labute approximate surface area is 171 Å². The van der Waals surface area contributed by atoms with Gasteiger partial charge in [0.15, 0.2) is 0 Å². The first-order valence-electron chi connectivity index (χ1n) is 9.66. The second kappa shape index (κ2) is 10.7. The third kappa shape index (κ3) is 6.21. The highest BCUT2D eigenvalue weighted by Gasteiger charge is 2.15. The zero-order valence-electron chi connectivity index (χ0n) is 16.4. The predicted molar refractivity (Wildman–Crippen MR) is 117 cm³/mol. The second-order valence-electron chi connectivity index (χ2n) is 6.52. The van der Waals surface area contributed by atoms with Crippen molar-refractivity contribution in [3.05, 3.63) is 96.1 Å². The number of para-hydroxylation sites is 2. The molecule has 3 rings (SSSR count). The Morgan fingerprint density at radius 3 is 2.34 bits per heavy atom. The summed E-state index contributed by atoms with van der Waals surface area (Å²) in [5.74, 6) is 0.527. The third-order valence-corrected chi connectivity index (χ3v) is 4.37. The van der Waals surface area contributed by atoms with Crippen LogP contribution in [0.15, 0.2) is 90.0 Å². The van der Waals surface area contributed by atoms with Gasteiger partial charge in [-0.05, 0) is 36.2 Å². The van der Waals surface area contributed by atoms with Crippen LogP contribution in [-0.4, -0.2) is 18.2 Å². The van der Waals surface area contributed by atoms with Crippen molar-refractivity contribution >= 4 is 17.8 Å². The first-order chi connectivity index (χ1) is 14.3. The molecule has 0 radical (unpaired) electrons. The van der Waals surface area contributed by atoms with E-state index in [-0.39, 0.29) is 11.9 Å². The van der Waals surface area contributed by atoms with Crippen LogP contribution in [0.25, 0.3) is 0 Å². The number of rotatable bonds is 9. The Bertz CT molecular complexity index is 927. The molecule has 0 spiro atoms. The lowest BCUT2D eigenvalue weighted by Crippen LogP contribution is -2.36. The molecule has 148 valence electrons. The lowest BCUT2D eigenvalue weighted by Gasteiger charge is -2.16. The van der Waals surface area contributed by atoms with Gasteiger partial charge in [0.1, 0.15) is 18.4 Å². The van der Waals surface area contributed by atoms with Crippen LogP contribution in [0.3, 0.4) is 0 Å². The van der Waals surface area contributed by atoms with Crippen molar-refractivity contribution in [3.63, 3.8) is 0 Å². The molecule has 3 aromatic rings. The van der Waals surface area contributed by atoms with E-state index in [9.17, 15) is 4.79 Å². The second-order valence-corrected chi connectivity index (χ2v) is 6.52. The van der Waals surface area contributed by atoms with Gasteiger partial charge in [-0.2, -0.15) is 5.10 Å². The molecule has 1 unspecified atom stereocenters. The van der Waals surface area contributed by atoms with E-state index in [0.29, 0.717) is 18.8 Å². The Morgan fingerprint density at radius 1 is 0.966 bits per heavy atom. The van der Waals surface area contributed by atoms with E-state index in [0.717, 1.165) is 16.8 Å². The summed E-state index contributed by atoms with van der Waals surface area (Å²) < 4.78 is 5.91. The summed E-state index contributed by atoms with van der Waals surface area (Å²) in [7, 11) is 0. The molecule has 0 fully saturated rings. The van der Waals surface area contributed by atoms with Gasteiger partial charge in [0.05, 0.1) is 6.21 Å². The van der Waals surface area contributed by atoms with E-state index in [4.69, 9.17) is 4.74 Å². The fourth-order valence-corrected chi connectivity index (χ4v) is 2.79. The minimum atomic E-state index is -0.362. The molecule has 0 aliphatic rings. The van der Waals surface area contributed by atoms with Crippen LogP contribution < -0.4 is 15.5 Å². The van der Waals surface area contributed by atoms with E-state index in [1.165, 1.54) is 0 Å². The van der Waals surface area contributed by atoms with Gasteiger partial charge in [-0.1, -0.05) is 67.6 Å². The Kier molecular flexibility index (Phi) is 7.41. The Balaban J connectivity index is 1.58. The molecule has 0 heterocycles. The SMILES string of the molecule is CCC(Nc1ccccc1)C(=O)N/N=C/c1ccccc1OCc1ccccc1. The fourth-order valence-electron chi connectivity index (χ4n) is 2.79. The molecule has 0 aliphatic heterocycles. The average molecular weight is 387 g/mol. The van der Waals surface area contributed by atoms with Crippen LogP contribution in [0.5, 0.6) is 5.75 Å². The molecule has 1 atom stereocenters. The summed E-state index contributed by atoms with van der Waals surface area (Å²) in [5.41, 5.74) is 5.40. The summed E-state index contributed by atoms with van der Waals surface area (Å²) in [6.07, 6.45) is 2.25. The van der Waals surface area contributed by atoms with Crippen LogP contribution in [0.4, 0.5) is 5.69 Å². The number of ether oxygens (including phenoxy) is 1. The number of hydrogen-bond acceptors (Lipinski definition) is 4. The van der Waals surface area contributed by atoms with Crippen LogP contribution in [0, 0.1) is 0 Å². The van der Waals surface area contributed by atoms with Crippen molar-refractivity contribution in [3.8, 4) is 5.75 Å². The maximum absolute atomic E-state index is 12.4. The van der Waals surface area contributed by atoms with Crippen molar-refractivity contribution in [2.75, 3.05) is 5.32 Å². The van der Waals surface area contributed by atoms with Crippen LogP contribution in [-0.2, 0) is 11.4 Å². The van der Waals surface area contributed by atoms with E-state index >= 15 is 0 Å². The van der Waals surface area contributed by atoms with Gasteiger partial charge in [-0.3, -0.25) is 4.79 Å². The van der Waals surface area contributed by atoms with E-state index in [2.05, 4.69) is 15.8 Å². The van der Waals surface area contributed by atoms with E-state index < -0.39 is 0 Å². The van der Waals surface area contributed by atoms with Crippen LogP contribution >= 0.6 is 0 Å². The Morgan fingerprint density at radius 2 is 1.62 bits per heavy atom. The molecule has 1 amide bonds. The largest absolute Gasteiger partial charge is 0.488 e. The van der Waals surface area contributed by atoms with E-state index in [1.807, 2.05) is 91.9 Å². The van der Waals surface area contributed by atoms with Gasteiger partial charge < -0.3 is 10.1 Å². The number of nitrogens with zero attached hydrogens (tertiary/aromatic N) is 1. The van der Waals surface area contributed by atoms with Crippen molar-refractivity contribution < 1.29 is 9.53 Å². The lowest BCUT2D eigenvalue weighted by molar-refractivity contribution is -0.121. The number of carbonyl (C=O) groups is 1. The third-order valence-electron chi connectivity index (χ3n) is 4.37. The number of nitrogens with one attached hydrogen (secondary N) is 2. The van der Waals surface area contributed by atoms with Crippen molar-refractivity contribution in [2.45, 2.75) is 26.0 Å². The van der Waals surface area contributed by atoms with Gasteiger partial charge in [0.2, 0.25) is 0 Å². The molecule has 0 saturated heterocycles. The summed E-state index contributed by atoms with van der Waals surface area (Å²) in [5, 5.41) is 7.34.